The summed E-state index contributed by atoms with van der Waals surface area (Å²) < 4.78 is 1.07. The summed E-state index contributed by atoms with van der Waals surface area (Å²) in [4.78, 5) is 14.3. The molecule has 2 bridgehead atoms. The van der Waals surface area contributed by atoms with Gasteiger partial charge in [0.05, 0.1) is 0 Å². The third-order valence-corrected chi connectivity index (χ3v) is 5.32. The molecule has 2 unspecified atom stereocenters. The number of hydrogen-bond acceptors (Lipinski definition) is 2. The van der Waals surface area contributed by atoms with Gasteiger partial charge in [0, 0.05) is 36.6 Å². The Bertz CT molecular complexity index is 490. The van der Waals surface area contributed by atoms with E-state index >= 15 is 0 Å². The number of fused-ring (bicyclic) bond motifs is 2. The molecule has 0 aromatic heterocycles. The normalized spacial score (nSPS) is 27.6. The van der Waals surface area contributed by atoms with Gasteiger partial charge in [0.15, 0.2) is 0 Å². The number of piperidine rings is 1. The first-order valence-corrected chi connectivity index (χ1v) is 8.64. The molecule has 1 aromatic rings. The Kier molecular flexibility index (Phi) is 4.65. The van der Waals surface area contributed by atoms with Crippen molar-refractivity contribution in [2.45, 2.75) is 50.7 Å². The zero-order valence-electron chi connectivity index (χ0n) is 12.5. The maximum absolute atomic E-state index is 12.4. The van der Waals surface area contributed by atoms with Gasteiger partial charge in [0.1, 0.15) is 0 Å². The maximum atomic E-state index is 12.4. The summed E-state index contributed by atoms with van der Waals surface area (Å²) in [7, 11) is 1.92. The molecule has 1 N–H and O–H groups in total. The molecule has 2 saturated heterocycles. The van der Waals surface area contributed by atoms with Crippen LogP contribution in [0.1, 0.15) is 37.7 Å². The zero-order chi connectivity index (χ0) is 14.8. The Balaban J connectivity index is 1.51. The van der Waals surface area contributed by atoms with Gasteiger partial charge in [-0.2, -0.15) is 0 Å². The molecule has 21 heavy (non-hydrogen) atoms. The van der Waals surface area contributed by atoms with Crippen LogP contribution >= 0.6 is 15.9 Å². The molecule has 3 rings (SSSR count). The minimum absolute atomic E-state index is 0.282. The van der Waals surface area contributed by atoms with Gasteiger partial charge in [-0.05, 0) is 49.3 Å². The Hall–Kier alpha value is -0.870. The lowest BCUT2D eigenvalue weighted by atomic mass is 9.89. The molecule has 0 spiro atoms. The van der Waals surface area contributed by atoms with Gasteiger partial charge in [-0.3, -0.25) is 4.79 Å². The second-order valence-corrected chi connectivity index (χ2v) is 7.47. The number of carbonyl (C=O) groups excluding carboxylic acids is 1. The molecule has 1 aromatic carbocycles. The summed E-state index contributed by atoms with van der Waals surface area (Å²) in [5, 5.41) is 3.64. The predicted molar refractivity (Wildman–Crippen MR) is 87.9 cm³/mol. The van der Waals surface area contributed by atoms with Crippen molar-refractivity contribution in [2.75, 3.05) is 7.05 Å². The number of hydrogen-bond donors (Lipinski definition) is 1. The third kappa shape index (κ3) is 3.86. The van der Waals surface area contributed by atoms with Crippen LogP contribution in [-0.4, -0.2) is 29.9 Å². The van der Waals surface area contributed by atoms with Crippen LogP contribution in [-0.2, 0) is 11.3 Å². The van der Waals surface area contributed by atoms with Crippen molar-refractivity contribution in [3.8, 4) is 0 Å². The Morgan fingerprint density at radius 2 is 1.86 bits per heavy atom. The standard InChI is InChI=1S/C17H23BrN2O/c1-20(11-12-2-4-14(18)5-3-12)17(21)10-13-8-15-6-7-16(9-13)19-15/h2-5,13,15-16,19H,6-11H2,1H3. The number of amides is 1. The highest BCUT2D eigenvalue weighted by atomic mass is 79.9. The van der Waals surface area contributed by atoms with Crippen molar-refractivity contribution >= 4 is 21.8 Å². The van der Waals surface area contributed by atoms with E-state index < -0.39 is 0 Å². The summed E-state index contributed by atoms with van der Waals surface area (Å²) >= 11 is 3.44. The van der Waals surface area contributed by atoms with Gasteiger partial charge in [-0.1, -0.05) is 28.1 Å². The van der Waals surface area contributed by atoms with E-state index in [9.17, 15) is 4.79 Å². The van der Waals surface area contributed by atoms with Crippen LogP contribution in [0.4, 0.5) is 0 Å². The van der Waals surface area contributed by atoms with Crippen molar-refractivity contribution < 1.29 is 4.79 Å². The fraction of sp³-hybridized carbons (Fsp3) is 0.588. The van der Waals surface area contributed by atoms with Crippen LogP contribution in [0.2, 0.25) is 0 Å². The number of benzene rings is 1. The van der Waals surface area contributed by atoms with E-state index in [1.807, 2.05) is 24.1 Å². The van der Waals surface area contributed by atoms with Crippen molar-refractivity contribution in [3.05, 3.63) is 34.3 Å². The molecule has 2 fully saturated rings. The molecular weight excluding hydrogens is 328 g/mol. The fourth-order valence-corrected chi connectivity index (χ4v) is 3.96. The molecule has 2 aliphatic heterocycles. The lowest BCUT2D eigenvalue weighted by molar-refractivity contribution is -0.131. The van der Waals surface area contributed by atoms with Crippen LogP contribution in [0.3, 0.4) is 0 Å². The molecule has 1 amide bonds. The van der Waals surface area contributed by atoms with Crippen LogP contribution in [0.25, 0.3) is 0 Å². The Labute approximate surface area is 135 Å². The highest BCUT2D eigenvalue weighted by molar-refractivity contribution is 9.10. The predicted octanol–water partition coefficient (Wildman–Crippen LogP) is 3.33. The maximum Gasteiger partial charge on any atom is 0.222 e. The Morgan fingerprint density at radius 3 is 2.48 bits per heavy atom. The van der Waals surface area contributed by atoms with E-state index in [-0.39, 0.29) is 5.91 Å². The van der Waals surface area contributed by atoms with Crippen LogP contribution in [0.15, 0.2) is 28.7 Å². The number of nitrogens with zero attached hydrogens (tertiary/aromatic N) is 1. The molecule has 2 heterocycles. The van der Waals surface area contributed by atoms with E-state index in [1.165, 1.54) is 31.2 Å². The number of rotatable bonds is 4. The first-order valence-electron chi connectivity index (χ1n) is 7.84. The van der Waals surface area contributed by atoms with E-state index in [0.717, 1.165) is 4.47 Å². The minimum atomic E-state index is 0.282. The number of halogens is 1. The van der Waals surface area contributed by atoms with Crippen molar-refractivity contribution in [3.63, 3.8) is 0 Å². The van der Waals surface area contributed by atoms with Crippen molar-refractivity contribution in [1.29, 1.82) is 0 Å². The second kappa shape index (κ2) is 6.49. The third-order valence-electron chi connectivity index (χ3n) is 4.79. The first-order chi connectivity index (χ1) is 10.1. The van der Waals surface area contributed by atoms with E-state index in [0.29, 0.717) is 31.0 Å². The molecule has 2 aliphatic rings. The van der Waals surface area contributed by atoms with E-state index in [4.69, 9.17) is 0 Å². The quantitative estimate of drug-likeness (QED) is 0.903. The summed E-state index contributed by atoms with van der Waals surface area (Å²) in [5.41, 5.74) is 1.18. The molecule has 0 aliphatic carbocycles. The Morgan fingerprint density at radius 1 is 1.24 bits per heavy atom. The fourth-order valence-electron chi connectivity index (χ4n) is 3.70. The summed E-state index contributed by atoms with van der Waals surface area (Å²) in [6.45, 7) is 0.698. The van der Waals surface area contributed by atoms with Gasteiger partial charge in [-0.25, -0.2) is 0 Å². The number of nitrogens with one attached hydrogen (secondary N) is 1. The van der Waals surface area contributed by atoms with Crippen molar-refractivity contribution in [1.82, 2.24) is 10.2 Å². The lowest BCUT2D eigenvalue weighted by Crippen LogP contribution is -2.39. The lowest BCUT2D eigenvalue weighted by Gasteiger charge is -2.30. The second-order valence-electron chi connectivity index (χ2n) is 6.56. The first kappa shape index (κ1) is 15.0. The van der Waals surface area contributed by atoms with E-state index in [2.05, 4.69) is 33.4 Å². The van der Waals surface area contributed by atoms with Crippen LogP contribution in [0.5, 0.6) is 0 Å². The molecule has 0 radical (unpaired) electrons. The molecule has 4 heteroatoms. The van der Waals surface area contributed by atoms with Gasteiger partial charge < -0.3 is 10.2 Å². The average Bonchev–Trinajstić information content (AvgIpc) is 2.80. The topological polar surface area (TPSA) is 32.3 Å². The summed E-state index contributed by atoms with van der Waals surface area (Å²) in [6, 6.07) is 9.52. The van der Waals surface area contributed by atoms with Gasteiger partial charge in [0.25, 0.3) is 0 Å². The van der Waals surface area contributed by atoms with Crippen LogP contribution in [0, 0.1) is 5.92 Å². The molecule has 2 atom stereocenters. The SMILES string of the molecule is CN(Cc1ccc(Br)cc1)C(=O)CC1CC2CCC(C1)N2. The average molecular weight is 351 g/mol. The number of carbonyl (C=O) groups is 1. The summed E-state index contributed by atoms with van der Waals surface area (Å²) in [6.07, 6.45) is 5.65. The molecular formula is C17H23BrN2O. The van der Waals surface area contributed by atoms with Gasteiger partial charge in [-0.15, -0.1) is 0 Å². The molecule has 0 saturated carbocycles. The zero-order valence-corrected chi connectivity index (χ0v) is 14.1. The molecule has 3 nitrogen and oxygen atoms in total. The molecule has 114 valence electrons. The smallest absolute Gasteiger partial charge is 0.222 e. The highest BCUT2D eigenvalue weighted by Gasteiger charge is 2.34. The van der Waals surface area contributed by atoms with Crippen LogP contribution < -0.4 is 5.32 Å². The minimum Gasteiger partial charge on any atom is -0.341 e. The largest absolute Gasteiger partial charge is 0.341 e. The van der Waals surface area contributed by atoms with Gasteiger partial charge in [0.2, 0.25) is 5.91 Å². The monoisotopic (exact) mass is 350 g/mol. The van der Waals surface area contributed by atoms with Gasteiger partial charge >= 0.3 is 0 Å². The summed E-state index contributed by atoms with van der Waals surface area (Å²) in [5.74, 6) is 0.854. The van der Waals surface area contributed by atoms with E-state index in [1.54, 1.807) is 0 Å². The van der Waals surface area contributed by atoms with Crippen molar-refractivity contribution in [2.24, 2.45) is 5.92 Å². The highest BCUT2D eigenvalue weighted by Crippen LogP contribution is 2.33.